The van der Waals surface area contributed by atoms with E-state index in [1.54, 1.807) is 35.5 Å². The van der Waals surface area contributed by atoms with Crippen LogP contribution in [0.5, 0.6) is 23.0 Å². The first kappa shape index (κ1) is 22.5. The number of aryl methyl sites for hydroxylation is 1. The van der Waals surface area contributed by atoms with Crippen LogP contribution in [0.1, 0.15) is 33.7 Å². The van der Waals surface area contributed by atoms with Crippen molar-refractivity contribution >= 4 is 0 Å². The first-order valence-corrected chi connectivity index (χ1v) is 10.1. The summed E-state index contributed by atoms with van der Waals surface area (Å²) >= 11 is 0. The summed E-state index contributed by atoms with van der Waals surface area (Å²) in [5, 5.41) is 0. The summed E-state index contributed by atoms with van der Waals surface area (Å²) in [6.45, 7) is 2.52. The molecule has 3 aromatic carbocycles. The van der Waals surface area contributed by atoms with Gasteiger partial charge in [0.25, 0.3) is 0 Å². The highest BCUT2D eigenvalue weighted by molar-refractivity contribution is 5.63. The van der Waals surface area contributed by atoms with Gasteiger partial charge in [-0.2, -0.15) is 0 Å². The van der Waals surface area contributed by atoms with Crippen LogP contribution in [0.3, 0.4) is 0 Å². The Balaban J connectivity index is 2.49. The lowest BCUT2D eigenvalue weighted by Crippen LogP contribution is -2.14. The van der Waals surface area contributed by atoms with Crippen LogP contribution < -0.4 is 18.9 Å². The van der Waals surface area contributed by atoms with E-state index in [-0.39, 0.29) is 5.92 Å². The summed E-state index contributed by atoms with van der Waals surface area (Å²) in [6.07, 6.45) is 0. The summed E-state index contributed by atoms with van der Waals surface area (Å²) in [5.41, 5.74) is 5.02. The van der Waals surface area contributed by atoms with E-state index in [1.807, 2.05) is 42.5 Å². The van der Waals surface area contributed by atoms with Crippen molar-refractivity contribution in [1.29, 1.82) is 0 Å². The van der Waals surface area contributed by atoms with Gasteiger partial charge in [0.15, 0.2) is 0 Å². The van der Waals surface area contributed by atoms with E-state index in [0.29, 0.717) is 6.61 Å². The Labute approximate surface area is 184 Å². The third kappa shape index (κ3) is 4.32. The second kappa shape index (κ2) is 10.2. The Morgan fingerprint density at radius 3 is 1.55 bits per heavy atom. The molecule has 0 radical (unpaired) electrons. The molecule has 0 saturated heterocycles. The summed E-state index contributed by atoms with van der Waals surface area (Å²) in [7, 11) is 8.40. The molecule has 0 saturated carbocycles. The molecule has 0 aliphatic carbocycles. The van der Waals surface area contributed by atoms with Crippen LogP contribution in [0, 0.1) is 6.92 Å². The minimum absolute atomic E-state index is 0.274. The van der Waals surface area contributed by atoms with Crippen molar-refractivity contribution in [2.45, 2.75) is 19.4 Å². The van der Waals surface area contributed by atoms with Crippen LogP contribution in [-0.4, -0.2) is 35.5 Å². The molecular formula is C26H30O5. The van der Waals surface area contributed by atoms with Crippen LogP contribution in [0.25, 0.3) is 0 Å². The minimum atomic E-state index is -0.274. The largest absolute Gasteiger partial charge is 0.496 e. The maximum Gasteiger partial charge on any atom is 0.126 e. The molecule has 3 aromatic rings. The van der Waals surface area contributed by atoms with Gasteiger partial charge in [-0.05, 0) is 42.3 Å². The molecule has 1 unspecified atom stereocenters. The molecule has 0 aliphatic rings. The molecule has 0 N–H and O–H groups in total. The molecule has 0 heterocycles. The van der Waals surface area contributed by atoms with E-state index in [1.165, 1.54) is 0 Å². The summed E-state index contributed by atoms with van der Waals surface area (Å²) < 4.78 is 28.8. The van der Waals surface area contributed by atoms with E-state index < -0.39 is 0 Å². The Morgan fingerprint density at radius 1 is 0.581 bits per heavy atom. The lowest BCUT2D eigenvalue weighted by molar-refractivity contribution is 0.183. The molecule has 0 aromatic heterocycles. The Kier molecular flexibility index (Phi) is 7.42. The fourth-order valence-electron chi connectivity index (χ4n) is 4.18. The molecular weight excluding hydrogens is 392 g/mol. The van der Waals surface area contributed by atoms with E-state index in [9.17, 15) is 0 Å². The zero-order valence-corrected chi connectivity index (χ0v) is 19.0. The maximum absolute atomic E-state index is 5.84. The molecule has 0 bridgehead atoms. The fourth-order valence-corrected chi connectivity index (χ4v) is 4.18. The van der Waals surface area contributed by atoms with Gasteiger partial charge in [0, 0.05) is 29.7 Å². The Hall–Kier alpha value is -3.18. The lowest BCUT2D eigenvalue weighted by Gasteiger charge is -2.29. The van der Waals surface area contributed by atoms with E-state index in [4.69, 9.17) is 23.7 Å². The van der Waals surface area contributed by atoms with Gasteiger partial charge < -0.3 is 23.7 Å². The highest BCUT2D eigenvalue weighted by Crippen LogP contribution is 2.49. The van der Waals surface area contributed by atoms with E-state index >= 15 is 0 Å². The zero-order chi connectivity index (χ0) is 22.4. The van der Waals surface area contributed by atoms with E-state index in [2.05, 4.69) is 19.1 Å². The first-order chi connectivity index (χ1) is 15.1. The van der Waals surface area contributed by atoms with Gasteiger partial charge in [-0.3, -0.25) is 0 Å². The second-order valence-corrected chi connectivity index (χ2v) is 7.17. The summed E-state index contributed by atoms with van der Waals surface area (Å²) in [6, 6.07) is 17.9. The lowest BCUT2D eigenvalue weighted by atomic mass is 9.79. The monoisotopic (exact) mass is 422 g/mol. The molecule has 31 heavy (non-hydrogen) atoms. The van der Waals surface area contributed by atoms with Crippen LogP contribution in [-0.2, 0) is 11.3 Å². The highest BCUT2D eigenvalue weighted by Gasteiger charge is 2.32. The molecule has 5 nitrogen and oxygen atoms in total. The topological polar surface area (TPSA) is 46.2 Å². The SMILES string of the molecule is COCc1cccc(OC)c1C(c1c(C)cccc1OC)c1c(OC)cccc1OC. The van der Waals surface area contributed by atoms with E-state index in [0.717, 1.165) is 50.8 Å². The zero-order valence-electron chi connectivity index (χ0n) is 19.0. The third-order valence-electron chi connectivity index (χ3n) is 5.51. The quantitative estimate of drug-likeness (QED) is 0.435. The van der Waals surface area contributed by atoms with Gasteiger partial charge in [0.05, 0.1) is 35.0 Å². The molecule has 0 fully saturated rings. The van der Waals surface area contributed by atoms with Gasteiger partial charge in [-0.1, -0.05) is 30.3 Å². The fraction of sp³-hybridized carbons (Fsp3) is 0.308. The molecule has 0 spiro atoms. The molecule has 0 aliphatic heterocycles. The third-order valence-corrected chi connectivity index (χ3v) is 5.51. The van der Waals surface area contributed by atoms with Gasteiger partial charge in [-0.25, -0.2) is 0 Å². The maximum atomic E-state index is 5.84. The van der Waals surface area contributed by atoms with Gasteiger partial charge >= 0.3 is 0 Å². The second-order valence-electron chi connectivity index (χ2n) is 7.17. The van der Waals surface area contributed by atoms with Gasteiger partial charge in [-0.15, -0.1) is 0 Å². The number of hydrogen-bond acceptors (Lipinski definition) is 5. The Bertz CT molecular complexity index is 1010. The van der Waals surface area contributed by atoms with Crippen molar-refractivity contribution in [3.8, 4) is 23.0 Å². The summed E-state index contributed by atoms with van der Waals surface area (Å²) in [5.74, 6) is 2.72. The number of ether oxygens (including phenoxy) is 5. The molecule has 164 valence electrons. The molecule has 5 heteroatoms. The van der Waals surface area contributed by atoms with Crippen LogP contribution in [0.15, 0.2) is 54.6 Å². The van der Waals surface area contributed by atoms with Crippen molar-refractivity contribution in [2.75, 3.05) is 35.5 Å². The average molecular weight is 423 g/mol. The van der Waals surface area contributed by atoms with Crippen LogP contribution in [0.4, 0.5) is 0 Å². The van der Waals surface area contributed by atoms with Crippen molar-refractivity contribution in [1.82, 2.24) is 0 Å². The molecule has 3 rings (SSSR count). The Morgan fingerprint density at radius 2 is 1.03 bits per heavy atom. The highest BCUT2D eigenvalue weighted by atomic mass is 16.5. The van der Waals surface area contributed by atoms with Gasteiger partial charge in [0.2, 0.25) is 0 Å². The first-order valence-electron chi connectivity index (χ1n) is 10.1. The smallest absolute Gasteiger partial charge is 0.126 e. The van der Waals surface area contributed by atoms with Gasteiger partial charge in [0.1, 0.15) is 23.0 Å². The van der Waals surface area contributed by atoms with Crippen molar-refractivity contribution in [3.63, 3.8) is 0 Å². The molecule has 0 amide bonds. The number of rotatable bonds is 9. The van der Waals surface area contributed by atoms with Crippen molar-refractivity contribution in [2.24, 2.45) is 0 Å². The average Bonchev–Trinajstić information content (AvgIpc) is 2.80. The summed E-state index contributed by atoms with van der Waals surface area (Å²) in [4.78, 5) is 0. The number of methoxy groups -OCH3 is 5. The van der Waals surface area contributed by atoms with Crippen molar-refractivity contribution < 1.29 is 23.7 Å². The predicted octanol–water partition coefficient (Wildman–Crippen LogP) is 5.36. The standard InChI is InChI=1S/C26H30O5/c1-17-10-7-12-19(28-3)23(17)26(25-21(30-5)14-9-15-22(25)31-6)24-18(16-27-2)11-8-13-20(24)29-4/h7-15,26H,16H2,1-6H3. The number of hydrogen-bond donors (Lipinski definition) is 0. The van der Waals surface area contributed by atoms with Crippen LogP contribution in [0.2, 0.25) is 0 Å². The number of benzene rings is 3. The van der Waals surface area contributed by atoms with Crippen LogP contribution >= 0.6 is 0 Å². The minimum Gasteiger partial charge on any atom is -0.496 e. The van der Waals surface area contributed by atoms with Crippen molar-refractivity contribution in [3.05, 3.63) is 82.4 Å². The predicted molar refractivity (Wildman–Crippen MR) is 122 cm³/mol. The normalized spacial score (nSPS) is 11.7. The molecule has 1 atom stereocenters.